The molecule has 0 aromatic heterocycles. The summed E-state index contributed by atoms with van der Waals surface area (Å²) in [7, 11) is 2.12. The van der Waals surface area contributed by atoms with Crippen molar-refractivity contribution in [3.05, 3.63) is 29.6 Å². The Morgan fingerprint density at radius 3 is 2.62 bits per heavy atom. The van der Waals surface area contributed by atoms with Crippen LogP contribution < -0.4 is 10.2 Å². The van der Waals surface area contributed by atoms with Gasteiger partial charge in [0.05, 0.1) is 0 Å². The predicted molar refractivity (Wildman–Crippen MR) is 88.2 cm³/mol. The number of halogens is 1. The normalized spacial score (nSPS) is 22.3. The second-order valence-electron chi connectivity index (χ2n) is 6.44. The van der Waals surface area contributed by atoms with Gasteiger partial charge in [-0.3, -0.25) is 0 Å². The maximum Gasteiger partial charge on any atom is 0.129 e. The summed E-state index contributed by atoms with van der Waals surface area (Å²) in [5.41, 5.74) is 1.87. The summed E-state index contributed by atoms with van der Waals surface area (Å²) in [6, 6.07) is 6.01. The highest BCUT2D eigenvalue weighted by Gasteiger charge is 2.23. The summed E-state index contributed by atoms with van der Waals surface area (Å²) >= 11 is 0. The van der Waals surface area contributed by atoms with Crippen molar-refractivity contribution in [2.45, 2.75) is 58.5 Å². The minimum Gasteiger partial charge on any atom is -0.371 e. The van der Waals surface area contributed by atoms with Crippen LogP contribution in [0.4, 0.5) is 10.1 Å². The van der Waals surface area contributed by atoms with Gasteiger partial charge < -0.3 is 10.2 Å². The number of hydrogen-bond acceptors (Lipinski definition) is 2. The Morgan fingerprint density at radius 2 is 1.95 bits per heavy atom. The Kier molecular flexibility index (Phi) is 6.04. The zero-order valence-corrected chi connectivity index (χ0v) is 13.7. The highest BCUT2D eigenvalue weighted by atomic mass is 19.1. The number of hydrogen-bond donors (Lipinski definition) is 1. The van der Waals surface area contributed by atoms with Gasteiger partial charge in [0.2, 0.25) is 0 Å². The quantitative estimate of drug-likeness (QED) is 0.785. The van der Waals surface area contributed by atoms with Crippen LogP contribution in [0, 0.1) is 11.7 Å². The van der Waals surface area contributed by atoms with E-state index in [2.05, 4.69) is 37.2 Å². The van der Waals surface area contributed by atoms with E-state index in [-0.39, 0.29) is 5.82 Å². The molecule has 21 heavy (non-hydrogen) atoms. The zero-order chi connectivity index (χ0) is 15.2. The third-order valence-electron chi connectivity index (χ3n) is 4.74. The summed E-state index contributed by atoms with van der Waals surface area (Å²) in [6.45, 7) is 6.00. The van der Waals surface area contributed by atoms with Crippen LogP contribution in [0.2, 0.25) is 0 Å². The molecule has 0 heterocycles. The molecule has 1 aromatic rings. The molecular formula is C18H29FN2. The molecule has 118 valence electrons. The summed E-state index contributed by atoms with van der Waals surface area (Å²) in [6.07, 6.45) is 6.08. The smallest absolute Gasteiger partial charge is 0.129 e. The number of rotatable bonds is 6. The first-order valence-electron chi connectivity index (χ1n) is 8.34. The number of nitrogens with zero attached hydrogens (tertiary/aromatic N) is 1. The van der Waals surface area contributed by atoms with Crippen molar-refractivity contribution in [1.82, 2.24) is 5.32 Å². The lowest BCUT2D eigenvalue weighted by Crippen LogP contribution is -2.36. The van der Waals surface area contributed by atoms with E-state index in [0.717, 1.165) is 30.1 Å². The molecule has 1 aliphatic carbocycles. The van der Waals surface area contributed by atoms with Crippen LogP contribution in [0.1, 0.15) is 51.5 Å². The topological polar surface area (TPSA) is 15.3 Å². The van der Waals surface area contributed by atoms with E-state index in [0.29, 0.717) is 12.6 Å². The molecule has 1 aromatic carbocycles. The Hall–Kier alpha value is -1.09. The molecule has 0 amide bonds. The van der Waals surface area contributed by atoms with Gasteiger partial charge in [0.15, 0.2) is 0 Å². The Labute approximate surface area is 128 Å². The molecule has 1 N–H and O–H groups in total. The highest BCUT2D eigenvalue weighted by Crippen LogP contribution is 2.31. The van der Waals surface area contributed by atoms with Gasteiger partial charge in [-0.25, -0.2) is 4.39 Å². The van der Waals surface area contributed by atoms with Crippen molar-refractivity contribution < 1.29 is 4.39 Å². The van der Waals surface area contributed by atoms with E-state index in [9.17, 15) is 4.39 Å². The molecule has 0 bridgehead atoms. The summed E-state index contributed by atoms with van der Waals surface area (Å²) in [5, 5.41) is 3.33. The van der Waals surface area contributed by atoms with E-state index in [1.807, 2.05) is 6.07 Å². The molecule has 1 fully saturated rings. The second-order valence-corrected chi connectivity index (χ2v) is 6.44. The Balaban J connectivity index is 2.12. The van der Waals surface area contributed by atoms with Gasteiger partial charge >= 0.3 is 0 Å². The standard InChI is InChI=1S/C18H29FN2/c1-4-12-20-13-16-17(19)6-5-7-18(16)21(3)15-10-8-14(2)9-11-15/h5-7,14-15,20H,4,8-13H2,1-3H3. The van der Waals surface area contributed by atoms with Crippen molar-refractivity contribution in [3.8, 4) is 0 Å². The maximum atomic E-state index is 14.2. The molecule has 1 aliphatic rings. The lowest BCUT2D eigenvalue weighted by atomic mass is 9.86. The molecule has 0 saturated heterocycles. The van der Waals surface area contributed by atoms with Gasteiger partial charge in [-0.1, -0.05) is 19.9 Å². The molecule has 2 rings (SSSR count). The second kappa shape index (κ2) is 7.79. The van der Waals surface area contributed by atoms with Crippen LogP contribution in [0.5, 0.6) is 0 Å². The lowest BCUT2D eigenvalue weighted by molar-refractivity contribution is 0.340. The largest absolute Gasteiger partial charge is 0.371 e. The van der Waals surface area contributed by atoms with Crippen LogP contribution in [-0.4, -0.2) is 19.6 Å². The molecule has 0 aliphatic heterocycles. The first kappa shape index (κ1) is 16.3. The summed E-state index contributed by atoms with van der Waals surface area (Å²) in [5.74, 6) is 0.750. The molecule has 0 atom stereocenters. The van der Waals surface area contributed by atoms with Crippen molar-refractivity contribution in [3.63, 3.8) is 0 Å². The molecule has 3 heteroatoms. The van der Waals surface area contributed by atoms with Crippen molar-refractivity contribution in [1.29, 1.82) is 0 Å². The Morgan fingerprint density at radius 1 is 1.24 bits per heavy atom. The molecule has 0 unspecified atom stereocenters. The minimum atomic E-state index is -0.0906. The van der Waals surface area contributed by atoms with Crippen LogP contribution in [0.15, 0.2) is 18.2 Å². The van der Waals surface area contributed by atoms with Crippen LogP contribution in [0.3, 0.4) is 0 Å². The van der Waals surface area contributed by atoms with Gasteiger partial charge in [0.1, 0.15) is 5.82 Å². The summed E-state index contributed by atoms with van der Waals surface area (Å²) < 4.78 is 14.2. The fraction of sp³-hybridized carbons (Fsp3) is 0.667. The van der Waals surface area contributed by atoms with E-state index in [1.54, 1.807) is 6.07 Å². The molecule has 0 radical (unpaired) electrons. The molecule has 2 nitrogen and oxygen atoms in total. The first-order valence-corrected chi connectivity index (χ1v) is 8.34. The highest BCUT2D eigenvalue weighted by molar-refractivity contribution is 5.54. The van der Waals surface area contributed by atoms with Gasteiger partial charge in [0, 0.05) is 30.9 Å². The van der Waals surface area contributed by atoms with E-state index in [4.69, 9.17) is 0 Å². The van der Waals surface area contributed by atoms with E-state index in [1.165, 1.54) is 25.7 Å². The summed E-state index contributed by atoms with van der Waals surface area (Å²) in [4.78, 5) is 2.30. The van der Waals surface area contributed by atoms with Crippen LogP contribution in [-0.2, 0) is 6.54 Å². The third kappa shape index (κ3) is 4.19. The third-order valence-corrected chi connectivity index (χ3v) is 4.74. The van der Waals surface area contributed by atoms with Crippen LogP contribution >= 0.6 is 0 Å². The predicted octanol–water partition coefficient (Wildman–Crippen LogP) is 4.34. The molecule has 0 spiro atoms. The van der Waals surface area contributed by atoms with Crippen molar-refractivity contribution >= 4 is 5.69 Å². The maximum absolute atomic E-state index is 14.2. The number of anilines is 1. The Bertz CT molecular complexity index is 439. The lowest BCUT2D eigenvalue weighted by Gasteiger charge is -2.36. The average Bonchev–Trinajstić information content (AvgIpc) is 2.49. The fourth-order valence-corrected chi connectivity index (χ4v) is 3.27. The monoisotopic (exact) mass is 292 g/mol. The van der Waals surface area contributed by atoms with Gasteiger partial charge in [-0.15, -0.1) is 0 Å². The zero-order valence-electron chi connectivity index (χ0n) is 13.7. The fourth-order valence-electron chi connectivity index (χ4n) is 3.27. The SMILES string of the molecule is CCCNCc1c(F)cccc1N(C)C1CCC(C)CC1. The van der Waals surface area contributed by atoms with Gasteiger partial charge in [-0.2, -0.15) is 0 Å². The van der Waals surface area contributed by atoms with Crippen molar-refractivity contribution in [2.75, 3.05) is 18.5 Å². The van der Waals surface area contributed by atoms with Crippen molar-refractivity contribution in [2.24, 2.45) is 5.92 Å². The van der Waals surface area contributed by atoms with Gasteiger partial charge in [0.25, 0.3) is 0 Å². The van der Waals surface area contributed by atoms with Crippen LogP contribution in [0.25, 0.3) is 0 Å². The molecular weight excluding hydrogens is 263 g/mol. The minimum absolute atomic E-state index is 0.0906. The van der Waals surface area contributed by atoms with Gasteiger partial charge in [-0.05, 0) is 56.7 Å². The van der Waals surface area contributed by atoms with E-state index >= 15 is 0 Å². The first-order chi connectivity index (χ1) is 10.1. The molecule has 1 saturated carbocycles. The number of benzene rings is 1. The number of nitrogens with one attached hydrogen (secondary N) is 1. The average molecular weight is 292 g/mol. The van der Waals surface area contributed by atoms with E-state index < -0.39 is 0 Å².